The smallest absolute Gasteiger partial charge is 0.296 e. The third-order valence-corrected chi connectivity index (χ3v) is 7.81. The van der Waals surface area contributed by atoms with Crippen molar-refractivity contribution in [2.45, 2.75) is 23.1 Å². The first kappa shape index (κ1) is 24.4. The molecule has 3 heterocycles. The first-order valence-corrected chi connectivity index (χ1v) is 12.7. The van der Waals surface area contributed by atoms with Crippen LogP contribution in [0.25, 0.3) is 0 Å². The number of nitro groups is 1. The van der Waals surface area contributed by atoms with Gasteiger partial charge in [-0.1, -0.05) is 65.1 Å². The molecule has 1 unspecified atom stereocenters. The summed E-state index contributed by atoms with van der Waals surface area (Å²) in [7, 11) is 0. The molecule has 1 amide bonds. The van der Waals surface area contributed by atoms with Crippen molar-refractivity contribution >= 4 is 45.6 Å². The highest BCUT2D eigenvalue weighted by Gasteiger charge is 2.47. The minimum absolute atomic E-state index is 0.0850. The van der Waals surface area contributed by atoms with Crippen LogP contribution < -0.4 is 4.90 Å². The number of thioether (sulfide) groups is 1. The Morgan fingerprint density at radius 1 is 1.19 bits per heavy atom. The van der Waals surface area contributed by atoms with Crippen LogP contribution in [0, 0.1) is 17.0 Å². The van der Waals surface area contributed by atoms with Gasteiger partial charge in [-0.25, -0.2) is 0 Å². The number of nitrogens with zero attached hydrogens (tertiary/aromatic N) is 4. The van der Waals surface area contributed by atoms with Crippen molar-refractivity contribution in [1.29, 1.82) is 0 Å². The van der Waals surface area contributed by atoms with Gasteiger partial charge in [-0.15, -0.1) is 10.2 Å². The summed E-state index contributed by atoms with van der Waals surface area (Å²) in [4.78, 5) is 38.5. The fourth-order valence-corrected chi connectivity index (χ4v) is 5.71. The minimum atomic E-state index is -1.17. The van der Waals surface area contributed by atoms with E-state index in [2.05, 4.69) is 10.2 Å². The van der Waals surface area contributed by atoms with Crippen LogP contribution >= 0.6 is 23.1 Å². The van der Waals surface area contributed by atoms with Crippen molar-refractivity contribution in [3.05, 3.63) is 111 Å². The zero-order chi connectivity index (χ0) is 26.1. The topological polar surface area (TPSA) is 140 Å². The molecule has 5 rings (SSSR count). The molecule has 186 valence electrons. The Hall–Kier alpha value is -4.29. The van der Waals surface area contributed by atoms with Crippen molar-refractivity contribution in [1.82, 2.24) is 10.2 Å². The van der Waals surface area contributed by atoms with Crippen molar-refractivity contribution in [2.24, 2.45) is 0 Å². The number of nitro benzene ring substituents is 1. The maximum Gasteiger partial charge on any atom is 0.296 e. The number of furan rings is 1. The van der Waals surface area contributed by atoms with Crippen LogP contribution in [0.2, 0.25) is 0 Å². The Labute approximate surface area is 218 Å². The van der Waals surface area contributed by atoms with E-state index in [4.69, 9.17) is 4.42 Å². The quantitative estimate of drug-likeness (QED) is 0.103. The molecule has 0 aliphatic carbocycles. The third kappa shape index (κ3) is 4.76. The lowest BCUT2D eigenvalue weighted by Crippen LogP contribution is -2.31. The van der Waals surface area contributed by atoms with E-state index >= 15 is 0 Å². The summed E-state index contributed by atoms with van der Waals surface area (Å²) >= 11 is 2.55. The van der Waals surface area contributed by atoms with Gasteiger partial charge in [-0.3, -0.25) is 24.6 Å². The van der Waals surface area contributed by atoms with Crippen LogP contribution in [0.4, 0.5) is 10.8 Å². The van der Waals surface area contributed by atoms with E-state index in [1.165, 1.54) is 48.4 Å². The summed E-state index contributed by atoms with van der Waals surface area (Å²) in [6.07, 6.45) is 1.30. The van der Waals surface area contributed by atoms with Crippen LogP contribution in [0.3, 0.4) is 0 Å². The average molecular weight is 535 g/mol. The zero-order valence-electron chi connectivity index (χ0n) is 19.2. The fourth-order valence-electron chi connectivity index (χ4n) is 3.89. The molecular weight excluding hydrogens is 516 g/mol. The molecule has 1 aliphatic rings. The van der Waals surface area contributed by atoms with Crippen LogP contribution in [-0.2, 0) is 10.5 Å². The molecule has 1 atom stereocenters. The zero-order valence-corrected chi connectivity index (χ0v) is 20.9. The number of rotatable bonds is 8. The van der Waals surface area contributed by atoms with E-state index in [0.29, 0.717) is 10.1 Å². The van der Waals surface area contributed by atoms with Crippen molar-refractivity contribution in [3.8, 4) is 0 Å². The molecule has 2 aromatic carbocycles. The van der Waals surface area contributed by atoms with Gasteiger partial charge in [0.2, 0.25) is 10.9 Å². The molecule has 1 aliphatic heterocycles. The molecule has 0 saturated heterocycles. The summed E-state index contributed by atoms with van der Waals surface area (Å²) in [5.41, 5.74) is 2.01. The van der Waals surface area contributed by atoms with E-state index < -0.39 is 28.4 Å². The normalized spacial score (nSPS) is 15.4. The Morgan fingerprint density at radius 2 is 1.97 bits per heavy atom. The SMILES string of the molecule is Cc1ccc(CSc2nnc(N3C(=O)C(O)=C(C(=O)c4ccco4)C3c3cccc([N+](=O)[O-])c3)s2)cc1. The third-order valence-electron chi connectivity index (χ3n) is 5.68. The van der Waals surface area contributed by atoms with Gasteiger partial charge in [-0.2, -0.15) is 0 Å². The van der Waals surface area contributed by atoms with E-state index in [0.717, 1.165) is 27.4 Å². The Bertz CT molecular complexity index is 1530. The highest BCUT2D eigenvalue weighted by molar-refractivity contribution is 8.00. The Kier molecular flexibility index (Phi) is 6.59. The van der Waals surface area contributed by atoms with E-state index in [1.54, 1.807) is 6.07 Å². The van der Waals surface area contributed by atoms with Crippen molar-refractivity contribution < 1.29 is 24.0 Å². The van der Waals surface area contributed by atoms with Crippen LogP contribution in [0.1, 0.15) is 33.3 Å². The lowest BCUT2D eigenvalue weighted by Gasteiger charge is -2.23. The maximum absolute atomic E-state index is 13.3. The summed E-state index contributed by atoms with van der Waals surface area (Å²) in [5, 5.41) is 30.7. The predicted molar refractivity (Wildman–Crippen MR) is 137 cm³/mol. The molecular formula is C25H18N4O6S2. The number of hydrogen-bond donors (Lipinski definition) is 1. The van der Waals surface area contributed by atoms with Crippen LogP contribution in [-0.4, -0.2) is 31.9 Å². The molecule has 0 radical (unpaired) electrons. The number of Topliss-reactive ketones (excluding diaryl/α,β-unsaturated/α-hetero) is 1. The molecule has 37 heavy (non-hydrogen) atoms. The summed E-state index contributed by atoms with van der Waals surface area (Å²) < 4.78 is 5.78. The lowest BCUT2D eigenvalue weighted by molar-refractivity contribution is -0.384. The monoisotopic (exact) mass is 534 g/mol. The lowest BCUT2D eigenvalue weighted by atomic mass is 9.95. The minimum Gasteiger partial charge on any atom is -0.503 e. The summed E-state index contributed by atoms with van der Waals surface area (Å²) in [6.45, 7) is 2.01. The predicted octanol–water partition coefficient (Wildman–Crippen LogP) is 5.42. The number of amides is 1. The number of carbonyl (C=O) groups excluding carboxylic acids is 2. The van der Waals surface area contributed by atoms with Gasteiger partial charge in [0, 0.05) is 17.9 Å². The molecule has 4 aromatic rings. The molecule has 0 bridgehead atoms. The number of aliphatic hydroxyl groups is 1. The van der Waals surface area contributed by atoms with Gasteiger partial charge < -0.3 is 9.52 Å². The van der Waals surface area contributed by atoms with E-state index in [1.807, 2.05) is 31.2 Å². The number of hydrogen-bond acceptors (Lipinski definition) is 10. The van der Waals surface area contributed by atoms with Gasteiger partial charge >= 0.3 is 0 Å². The number of aromatic nitrogens is 2. The molecule has 12 heteroatoms. The number of anilines is 1. The maximum atomic E-state index is 13.3. The number of ketones is 1. The molecule has 10 nitrogen and oxygen atoms in total. The van der Waals surface area contributed by atoms with Crippen molar-refractivity contribution in [2.75, 3.05) is 4.90 Å². The van der Waals surface area contributed by atoms with E-state index in [-0.39, 0.29) is 27.7 Å². The second-order valence-electron chi connectivity index (χ2n) is 8.12. The largest absolute Gasteiger partial charge is 0.503 e. The molecule has 2 aromatic heterocycles. The van der Waals surface area contributed by atoms with Gasteiger partial charge in [-0.05, 0) is 30.2 Å². The van der Waals surface area contributed by atoms with Gasteiger partial charge in [0.25, 0.3) is 11.6 Å². The Balaban J connectivity index is 1.51. The van der Waals surface area contributed by atoms with Gasteiger partial charge in [0.05, 0.1) is 22.8 Å². The molecule has 1 N–H and O–H groups in total. The Morgan fingerprint density at radius 3 is 2.68 bits per heavy atom. The first-order chi connectivity index (χ1) is 17.8. The molecule has 0 fully saturated rings. The highest BCUT2D eigenvalue weighted by atomic mass is 32.2. The standard InChI is InChI=1S/C25H18N4O6S2/c1-14-7-9-15(10-8-14)13-36-25-27-26-24(37-25)28-20(16-4-2-5-17(12-16)29(33)34)19(22(31)23(28)32)21(30)18-6-3-11-35-18/h2-12,20,31H,13H2,1H3. The summed E-state index contributed by atoms with van der Waals surface area (Å²) in [5.74, 6) is -1.81. The van der Waals surface area contributed by atoms with Gasteiger partial charge in [0.1, 0.15) is 0 Å². The highest BCUT2D eigenvalue weighted by Crippen LogP contribution is 2.44. The van der Waals surface area contributed by atoms with Crippen LogP contribution in [0.5, 0.6) is 0 Å². The number of benzene rings is 2. The van der Waals surface area contributed by atoms with E-state index in [9.17, 15) is 24.8 Å². The molecule has 0 saturated carbocycles. The van der Waals surface area contributed by atoms with Crippen molar-refractivity contribution in [3.63, 3.8) is 0 Å². The summed E-state index contributed by atoms with van der Waals surface area (Å²) in [6, 6.07) is 15.3. The number of aliphatic hydroxyl groups excluding tert-OH is 1. The average Bonchev–Trinajstić information content (AvgIpc) is 3.64. The fraction of sp³-hybridized carbons (Fsp3) is 0.120. The second-order valence-corrected chi connectivity index (χ2v) is 10.3. The van der Waals surface area contributed by atoms with Crippen LogP contribution in [0.15, 0.2) is 87.0 Å². The number of carbonyl (C=O) groups is 2. The first-order valence-electron chi connectivity index (χ1n) is 10.9. The second kappa shape index (κ2) is 9.99. The number of non-ortho nitro benzene ring substituents is 1. The van der Waals surface area contributed by atoms with Gasteiger partial charge in [0.15, 0.2) is 15.9 Å². The number of aryl methyl sites for hydroxylation is 1. The molecule has 0 spiro atoms.